The Kier molecular flexibility index (Phi) is 4.49. The molecule has 1 aromatic carbocycles. The van der Waals surface area contributed by atoms with Crippen molar-refractivity contribution in [2.75, 3.05) is 26.2 Å². The number of amides is 3. The van der Waals surface area contributed by atoms with Crippen LogP contribution in [0.1, 0.15) is 25.3 Å². The molecule has 7 heteroatoms. The Morgan fingerprint density at radius 3 is 2.28 bits per heavy atom. The number of primary amides is 1. The van der Waals surface area contributed by atoms with Crippen molar-refractivity contribution in [3.63, 3.8) is 0 Å². The molecule has 0 radical (unpaired) electrons. The molecular formula is C18H22FN3O3. The summed E-state index contributed by atoms with van der Waals surface area (Å²) in [4.78, 5) is 39.6. The smallest absolute Gasteiger partial charge is 0.233 e. The van der Waals surface area contributed by atoms with Gasteiger partial charge in [0.25, 0.3) is 0 Å². The van der Waals surface area contributed by atoms with Crippen LogP contribution in [-0.4, -0.2) is 53.7 Å². The molecule has 1 heterocycles. The first-order chi connectivity index (χ1) is 11.8. The Hall–Kier alpha value is -2.44. The average molecular weight is 347 g/mol. The molecule has 2 N–H and O–H groups in total. The van der Waals surface area contributed by atoms with E-state index in [1.807, 2.05) is 0 Å². The summed E-state index contributed by atoms with van der Waals surface area (Å²) in [6.45, 7) is 2.46. The van der Waals surface area contributed by atoms with Crippen molar-refractivity contribution in [3.8, 4) is 0 Å². The van der Waals surface area contributed by atoms with Gasteiger partial charge in [-0.1, -0.05) is 18.2 Å². The number of nitrogens with two attached hydrogens (primary N) is 1. The molecule has 25 heavy (non-hydrogen) atoms. The van der Waals surface area contributed by atoms with E-state index in [-0.39, 0.29) is 30.7 Å². The van der Waals surface area contributed by atoms with E-state index < -0.39 is 17.2 Å². The van der Waals surface area contributed by atoms with Crippen molar-refractivity contribution >= 4 is 17.7 Å². The summed E-state index contributed by atoms with van der Waals surface area (Å²) in [6, 6.07) is 6.32. The van der Waals surface area contributed by atoms with Gasteiger partial charge in [-0.05, 0) is 18.9 Å². The summed E-state index contributed by atoms with van der Waals surface area (Å²) < 4.78 is 14.2. The first-order valence-corrected chi connectivity index (χ1v) is 8.44. The van der Waals surface area contributed by atoms with E-state index in [4.69, 9.17) is 5.73 Å². The van der Waals surface area contributed by atoms with Crippen LogP contribution in [-0.2, 0) is 19.8 Å². The maximum atomic E-state index is 14.2. The lowest BCUT2D eigenvalue weighted by molar-refractivity contribution is -0.135. The molecule has 1 saturated carbocycles. The number of hydrogen-bond donors (Lipinski definition) is 1. The topological polar surface area (TPSA) is 83.7 Å². The highest BCUT2D eigenvalue weighted by atomic mass is 19.1. The van der Waals surface area contributed by atoms with Gasteiger partial charge in [0.1, 0.15) is 5.82 Å². The second kappa shape index (κ2) is 6.46. The van der Waals surface area contributed by atoms with E-state index in [1.165, 1.54) is 17.9 Å². The number of carbonyl (C=O) groups excluding carboxylic acids is 3. The van der Waals surface area contributed by atoms with Crippen molar-refractivity contribution in [1.29, 1.82) is 0 Å². The first-order valence-electron chi connectivity index (χ1n) is 8.44. The van der Waals surface area contributed by atoms with Crippen LogP contribution in [0.4, 0.5) is 4.39 Å². The summed E-state index contributed by atoms with van der Waals surface area (Å²) in [7, 11) is 0. The fourth-order valence-corrected chi connectivity index (χ4v) is 3.54. The Morgan fingerprint density at radius 2 is 1.72 bits per heavy atom. The van der Waals surface area contributed by atoms with Crippen LogP contribution in [0.2, 0.25) is 0 Å². The maximum Gasteiger partial charge on any atom is 0.233 e. The molecule has 134 valence electrons. The van der Waals surface area contributed by atoms with E-state index in [0.717, 1.165) is 0 Å². The van der Waals surface area contributed by atoms with Gasteiger partial charge in [0, 0.05) is 38.7 Å². The quantitative estimate of drug-likeness (QED) is 0.871. The zero-order valence-electron chi connectivity index (χ0n) is 14.2. The molecule has 3 rings (SSSR count). The average Bonchev–Trinajstić information content (AvgIpc) is 3.38. The molecule has 0 aromatic heterocycles. The minimum atomic E-state index is -0.848. The monoisotopic (exact) mass is 347 g/mol. The molecule has 0 spiro atoms. The summed E-state index contributed by atoms with van der Waals surface area (Å²) in [5.41, 5.74) is 5.00. The van der Waals surface area contributed by atoms with Gasteiger partial charge < -0.3 is 15.5 Å². The normalized spacial score (nSPS) is 22.2. The second-order valence-corrected chi connectivity index (χ2v) is 6.88. The summed E-state index contributed by atoms with van der Waals surface area (Å²) >= 11 is 0. The number of hydrogen-bond acceptors (Lipinski definition) is 3. The summed E-state index contributed by atoms with van der Waals surface area (Å²) in [5, 5.41) is 0. The molecule has 6 nitrogen and oxygen atoms in total. The fourth-order valence-electron chi connectivity index (χ4n) is 3.54. The van der Waals surface area contributed by atoms with Crippen LogP contribution in [0.25, 0.3) is 0 Å². The van der Waals surface area contributed by atoms with Crippen LogP contribution in [0.3, 0.4) is 0 Å². The van der Waals surface area contributed by atoms with Gasteiger partial charge in [0.05, 0.1) is 11.3 Å². The molecule has 2 aliphatic rings. The van der Waals surface area contributed by atoms with Gasteiger partial charge in [-0.15, -0.1) is 0 Å². The lowest BCUT2D eigenvalue weighted by Crippen LogP contribution is -2.44. The van der Waals surface area contributed by atoms with E-state index in [2.05, 4.69) is 0 Å². The third kappa shape index (κ3) is 3.23. The van der Waals surface area contributed by atoms with Crippen molar-refractivity contribution in [2.45, 2.75) is 25.2 Å². The van der Waals surface area contributed by atoms with E-state index in [0.29, 0.717) is 31.5 Å². The molecular weight excluding hydrogens is 325 g/mol. The molecule has 0 unspecified atom stereocenters. The number of benzene rings is 1. The van der Waals surface area contributed by atoms with E-state index >= 15 is 0 Å². The summed E-state index contributed by atoms with van der Waals surface area (Å²) in [5.74, 6) is -1.89. The van der Waals surface area contributed by atoms with Crippen LogP contribution < -0.4 is 5.73 Å². The van der Waals surface area contributed by atoms with Crippen molar-refractivity contribution < 1.29 is 18.8 Å². The van der Waals surface area contributed by atoms with Gasteiger partial charge in [0.15, 0.2) is 0 Å². The van der Waals surface area contributed by atoms with Crippen LogP contribution in [0.15, 0.2) is 24.3 Å². The third-order valence-electron chi connectivity index (χ3n) is 5.21. The molecule has 1 aromatic rings. The lowest BCUT2D eigenvalue weighted by atomic mass is 9.93. The predicted octanol–water partition coefficient (Wildman–Crippen LogP) is 0.650. The molecule has 2 fully saturated rings. The Balaban J connectivity index is 1.85. The Labute approximate surface area is 145 Å². The minimum absolute atomic E-state index is 0.157. The van der Waals surface area contributed by atoms with Gasteiger partial charge in [0.2, 0.25) is 17.7 Å². The predicted molar refractivity (Wildman–Crippen MR) is 88.8 cm³/mol. The maximum absolute atomic E-state index is 14.2. The van der Waals surface area contributed by atoms with Crippen LogP contribution >= 0.6 is 0 Å². The fraction of sp³-hybridized carbons (Fsp3) is 0.500. The third-order valence-corrected chi connectivity index (χ3v) is 5.21. The second-order valence-electron chi connectivity index (χ2n) is 6.88. The summed E-state index contributed by atoms with van der Waals surface area (Å²) in [6.07, 6.45) is 1.17. The highest BCUT2D eigenvalue weighted by Gasteiger charge is 2.54. The Bertz CT molecular complexity index is 717. The number of halogens is 1. The SMILES string of the molecule is CC(=O)N1CCN(C(=O)C2(c3ccccc3F)CC2)C[C@H](C(N)=O)C1. The zero-order chi connectivity index (χ0) is 18.2. The minimum Gasteiger partial charge on any atom is -0.369 e. The van der Waals surface area contributed by atoms with Crippen molar-refractivity contribution in [1.82, 2.24) is 9.80 Å². The highest BCUT2D eigenvalue weighted by Crippen LogP contribution is 2.50. The number of nitrogens with zero attached hydrogens (tertiary/aromatic N) is 2. The van der Waals surface area contributed by atoms with Crippen LogP contribution in [0, 0.1) is 11.7 Å². The molecule has 3 amide bonds. The van der Waals surface area contributed by atoms with E-state index in [9.17, 15) is 18.8 Å². The molecule has 1 aliphatic heterocycles. The van der Waals surface area contributed by atoms with Gasteiger partial charge in [-0.2, -0.15) is 0 Å². The van der Waals surface area contributed by atoms with Gasteiger partial charge in [-0.3, -0.25) is 14.4 Å². The molecule has 1 atom stereocenters. The van der Waals surface area contributed by atoms with Crippen LogP contribution in [0.5, 0.6) is 0 Å². The lowest BCUT2D eigenvalue weighted by Gasteiger charge is -2.27. The zero-order valence-corrected chi connectivity index (χ0v) is 14.2. The molecule has 1 aliphatic carbocycles. The van der Waals surface area contributed by atoms with Crippen molar-refractivity contribution in [2.24, 2.45) is 11.7 Å². The first kappa shape index (κ1) is 17.4. The van der Waals surface area contributed by atoms with Gasteiger partial charge in [-0.25, -0.2) is 4.39 Å². The Morgan fingerprint density at radius 1 is 1.12 bits per heavy atom. The number of carbonyl (C=O) groups is 3. The van der Waals surface area contributed by atoms with Gasteiger partial charge >= 0.3 is 0 Å². The van der Waals surface area contributed by atoms with Crippen molar-refractivity contribution in [3.05, 3.63) is 35.6 Å². The standard InChI is InChI=1S/C18H22FN3O3/c1-12(23)21-8-9-22(11-13(10-21)16(20)24)17(25)18(6-7-18)14-4-2-3-5-15(14)19/h2-5,13H,6-11H2,1H3,(H2,20,24)/t13-/m1/s1. The van der Waals surface area contributed by atoms with E-state index in [1.54, 1.807) is 23.1 Å². The molecule has 1 saturated heterocycles. The highest BCUT2D eigenvalue weighted by molar-refractivity contribution is 5.92. The molecule has 0 bridgehead atoms. The number of rotatable bonds is 3. The largest absolute Gasteiger partial charge is 0.369 e.